The van der Waals surface area contributed by atoms with Gasteiger partial charge in [-0.3, -0.25) is 9.59 Å². The van der Waals surface area contributed by atoms with Gasteiger partial charge in [-0.15, -0.1) is 0 Å². The second-order valence-electron chi connectivity index (χ2n) is 6.47. The lowest BCUT2D eigenvalue weighted by Gasteiger charge is -2.26. The van der Waals surface area contributed by atoms with E-state index in [0.29, 0.717) is 5.02 Å². The lowest BCUT2D eigenvalue weighted by Crippen LogP contribution is -2.49. The summed E-state index contributed by atoms with van der Waals surface area (Å²) in [7, 11) is -3.86. The van der Waals surface area contributed by atoms with Crippen LogP contribution in [0.1, 0.15) is 28.9 Å². The van der Waals surface area contributed by atoms with Crippen molar-refractivity contribution in [1.29, 1.82) is 0 Å². The second-order valence-corrected chi connectivity index (χ2v) is 8.84. The van der Waals surface area contributed by atoms with Crippen LogP contribution in [0.25, 0.3) is 0 Å². The standard InChI is InChI=1S/C19H20ClN3O4S/c1-13(14-4-2-6-16(20)10-14)22-19(25)15-5-3-7-17(11-15)28(26,27)23-9-8-21-18(24)12-23/h2-7,10-11,13H,8-9,12H2,1H3,(H,21,24)(H,22,25). The summed E-state index contributed by atoms with van der Waals surface area (Å²) in [5.74, 6) is -0.750. The van der Waals surface area contributed by atoms with Crippen LogP contribution in [0.2, 0.25) is 5.02 Å². The Morgan fingerprint density at radius 1 is 1.21 bits per heavy atom. The number of carbonyl (C=O) groups is 2. The van der Waals surface area contributed by atoms with Gasteiger partial charge in [0.15, 0.2) is 0 Å². The summed E-state index contributed by atoms with van der Waals surface area (Å²) in [5, 5.41) is 5.99. The van der Waals surface area contributed by atoms with E-state index < -0.39 is 15.9 Å². The zero-order chi connectivity index (χ0) is 20.3. The van der Waals surface area contributed by atoms with Crippen LogP contribution in [-0.2, 0) is 14.8 Å². The highest BCUT2D eigenvalue weighted by molar-refractivity contribution is 7.89. The molecule has 1 aliphatic heterocycles. The van der Waals surface area contributed by atoms with Crippen LogP contribution in [0.15, 0.2) is 53.4 Å². The van der Waals surface area contributed by atoms with Crippen molar-refractivity contribution in [3.05, 3.63) is 64.7 Å². The monoisotopic (exact) mass is 421 g/mol. The Balaban J connectivity index is 1.78. The number of nitrogens with one attached hydrogen (secondary N) is 2. The van der Waals surface area contributed by atoms with Crippen LogP contribution < -0.4 is 10.6 Å². The number of sulfonamides is 1. The fourth-order valence-electron chi connectivity index (χ4n) is 2.91. The molecule has 0 radical (unpaired) electrons. The van der Waals surface area contributed by atoms with Gasteiger partial charge in [0.25, 0.3) is 5.91 Å². The van der Waals surface area contributed by atoms with Gasteiger partial charge in [0, 0.05) is 23.7 Å². The Morgan fingerprint density at radius 2 is 1.96 bits per heavy atom. The number of nitrogens with zero attached hydrogens (tertiary/aromatic N) is 1. The molecule has 28 heavy (non-hydrogen) atoms. The van der Waals surface area contributed by atoms with Crippen LogP contribution in [-0.4, -0.2) is 44.2 Å². The van der Waals surface area contributed by atoms with Gasteiger partial charge in [-0.05, 0) is 42.8 Å². The number of hydrogen-bond acceptors (Lipinski definition) is 4. The SMILES string of the molecule is CC(NC(=O)c1cccc(S(=O)(=O)N2CCNC(=O)C2)c1)c1cccc(Cl)c1. The van der Waals surface area contributed by atoms with Crippen LogP contribution in [0.5, 0.6) is 0 Å². The second kappa shape index (κ2) is 8.30. The average molecular weight is 422 g/mol. The van der Waals surface area contributed by atoms with E-state index in [0.717, 1.165) is 9.87 Å². The minimum Gasteiger partial charge on any atom is -0.354 e. The van der Waals surface area contributed by atoms with Gasteiger partial charge in [0.05, 0.1) is 17.5 Å². The predicted molar refractivity (Wildman–Crippen MR) is 106 cm³/mol. The van der Waals surface area contributed by atoms with Gasteiger partial charge in [0.2, 0.25) is 15.9 Å². The first kappa shape index (κ1) is 20.3. The molecule has 0 aromatic heterocycles. The van der Waals surface area contributed by atoms with E-state index in [1.54, 1.807) is 24.3 Å². The highest BCUT2D eigenvalue weighted by atomic mass is 35.5. The Kier molecular flexibility index (Phi) is 6.02. The van der Waals surface area contributed by atoms with Crippen molar-refractivity contribution in [2.75, 3.05) is 19.6 Å². The van der Waals surface area contributed by atoms with Crippen molar-refractivity contribution in [3.63, 3.8) is 0 Å². The summed E-state index contributed by atoms with van der Waals surface area (Å²) >= 11 is 5.99. The maximum atomic E-state index is 12.8. The normalized spacial score (nSPS) is 16.3. The van der Waals surface area contributed by atoms with E-state index in [-0.39, 0.29) is 42.0 Å². The number of piperazine rings is 1. The third-order valence-corrected chi connectivity index (χ3v) is 6.51. The number of amides is 2. The number of carbonyl (C=O) groups excluding carboxylic acids is 2. The summed E-state index contributed by atoms with van der Waals surface area (Å²) in [4.78, 5) is 24.1. The molecule has 148 valence electrons. The first-order valence-electron chi connectivity index (χ1n) is 8.70. The van der Waals surface area contributed by atoms with E-state index in [1.165, 1.54) is 18.2 Å². The minimum absolute atomic E-state index is 0.0229. The molecule has 9 heteroatoms. The van der Waals surface area contributed by atoms with Crippen molar-refractivity contribution in [1.82, 2.24) is 14.9 Å². The van der Waals surface area contributed by atoms with E-state index in [9.17, 15) is 18.0 Å². The van der Waals surface area contributed by atoms with Crippen LogP contribution >= 0.6 is 11.6 Å². The molecule has 3 rings (SSSR count). The third kappa shape index (κ3) is 4.52. The molecule has 1 unspecified atom stereocenters. The molecule has 1 atom stereocenters. The van der Waals surface area contributed by atoms with Gasteiger partial charge in [-0.1, -0.05) is 29.8 Å². The molecule has 1 saturated heterocycles. The maximum Gasteiger partial charge on any atom is 0.251 e. The smallest absolute Gasteiger partial charge is 0.251 e. The third-order valence-electron chi connectivity index (χ3n) is 4.43. The summed E-state index contributed by atoms with van der Waals surface area (Å²) in [6.07, 6.45) is 0. The van der Waals surface area contributed by atoms with Crippen molar-refractivity contribution < 1.29 is 18.0 Å². The minimum atomic E-state index is -3.86. The molecule has 2 amide bonds. The van der Waals surface area contributed by atoms with E-state index in [1.807, 2.05) is 13.0 Å². The van der Waals surface area contributed by atoms with Crippen molar-refractivity contribution in [3.8, 4) is 0 Å². The Labute approximate surface area is 168 Å². The zero-order valence-electron chi connectivity index (χ0n) is 15.2. The topological polar surface area (TPSA) is 95.6 Å². The molecule has 2 aromatic carbocycles. The quantitative estimate of drug-likeness (QED) is 0.771. The molecule has 0 bridgehead atoms. The lowest BCUT2D eigenvalue weighted by molar-refractivity contribution is -0.122. The van der Waals surface area contributed by atoms with Gasteiger partial charge < -0.3 is 10.6 Å². The van der Waals surface area contributed by atoms with Crippen molar-refractivity contribution in [2.45, 2.75) is 17.9 Å². The fraction of sp³-hybridized carbons (Fsp3) is 0.263. The summed E-state index contributed by atoms with van der Waals surface area (Å²) < 4.78 is 26.7. The average Bonchev–Trinajstić information content (AvgIpc) is 2.68. The predicted octanol–water partition coefficient (Wildman–Crippen LogP) is 1.95. The molecule has 7 nitrogen and oxygen atoms in total. The molecule has 0 spiro atoms. The van der Waals surface area contributed by atoms with Crippen molar-refractivity contribution >= 4 is 33.4 Å². The number of rotatable bonds is 5. The Hall–Kier alpha value is -2.42. The highest BCUT2D eigenvalue weighted by Gasteiger charge is 2.29. The van der Waals surface area contributed by atoms with Gasteiger partial charge in [-0.2, -0.15) is 4.31 Å². The molecule has 1 heterocycles. The molecule has 1 aliphatic rings. The number of halogens is 1. The molecular formula is C19H20ClN3O4S. The zero-order valence-corrected chi connectivity index (χ0v) is 16.8. The molecule has 1 fully saturated rings. The first-order valence-corrected chi connectivity index (χ1v) is 10.5. The van der Waals surface area contributed by atoms with E-state index in [4.69, 9.17) is 11.6 Å². The highest BCUT2D eigenvalue weighted by Crippen LogP contribution is 2.20. The first-order chi connectivity index (χ1) is 13.3. The molecule has 2 N–H and O–H groups in total. The molecule has 2 aromatic rings. The van der Waals surface area contributed by atoms with Crippen LogP contribution in [0.3, 0.4) is 0 Å². The molecule has 0 saturated carbocycles. The van der Waals surface area contributed by atoms with Crippen LogP contribution in [0, 0.1) is 0 Å². The van der Waals surface area contributed by atoms with Crippen LogP contribution in [0.4, 0.5) is 0 Å². The molecular weight excluding hydrogens is 402 g/mol. The summed E-state index contributed by atoms with van der Waals surface area (Å²) in [5.41, 5.74) is 1.06. The van der Waals surface area contributed by atoms with Gasteiger partial charge in [-0.25, -0.2) is 8.42 Å². The largest absolute Gasteiger partial charge is 0.354 e. The maximum absolute atomic E-state index is 12.8. The van der Waals surface area contributed by atoms with E-state index in [2.05, 4.69) is 10.6 Å². The van der Waals surface area contributed by atoms with Gasteiger partial charge in [0.1, 0.15) is 0 Å². The number of benzene rings is 2. The number of hydrogen-bond donors (Lipinski definition) is 2. The Morgan fingerprint density at radius 3 is 2.68 bits per heavy atom. The lowest BCUT2D eigenvalue weighted by atomic mass is 10.1. The molecule has 0 aliphatic carbocycles. The summed E-state index contributed by atoms with van der Waals surface area (Å²) in [6.45, 7) is 2.03. The van der Waals surface area contributed by atoms with Gasteiger partial charge >= 0.3 is 0 Å². The summed E-state index contributed by atoms with van der Waals surface area (Å²) in [6, 6.07) is 12.6. The van der Waals surface area contributed by atoms with E-state index >= 15 is 0 Å². The fourth-order valence-corrected chi connectivity index (χ4v) is 4.55. The van der Waals surface area contributed by atoms with Crippen molar-refractivity contribution in [2.24, 2.45) is 0 Å². The Bertz CT molecular complexity index is 1010.